The Balaban J connectivity index is 0.00000220. The van der Waals surface area contributed by atoms with E-state index in [1.807, 2.05) is 6.07 Å². The van der Waals surface area contributed by atoms with Crippen molar-refractivity contribution in [3.8, 4) is 11.8 Å². The number of nitrogens with one attached hydrogen (secondary N) is 1. The fraction of sp³-hybridized carbons (Fsp3) is 0.500. The number of piperidine rings is 1. The van der Waals surface area contributed by atoms with Gasteiger partial charge in [0, 0.05) is 0 Å². The highest BCUT2D eigenvalue weighted by molar-refractivity contribution is 5.87. The predicted molar refractivity (Wildman–Crippen MR) is 78.6 cm³/mol. The SMILES string of the molecule is COC(=O)c1cc(C#N)c(OCC2CCNCC2)cn1.Cl. The molecule has 1 fully saturated rings. The van der Waals surface area contributed by atoms with Gasteiger partial charge in [-0.25, -0.2) is 9.78 Å². The third-order valence-corrected chi connectivity index (χ3v) is 3.32. The molecule has 1 saturated heterocycles. The van der Waals surface area contributed by atoms with Gasteiger partial charge in [-0.15, -0.1) is 12.4 Å². The Morgan fingerprint density at radius 3 is 2.86 bits per heavy atom. The minimum atomic E-state index is -0.564. The number of pyridine rings is 1. The summed E-state index contributed by atoms with van der Waals surface area (Å²) in [7, 11) is 1.28. The lowest BCUT2D eigenvalue weighted by Gasteiger charge is -2.22. The largest absolute Gasteiger partial charge is 0.490 e. The van der Waals surface area contributed by atoms with Gasteiger partial charge in [0.15, 0.2) is 5.75 Å². The number of hydrogen-bond acceptors (Lipinski definition) is 6. The van der Waals surface area contributed by atoms with Crippen molar-refractivity contribution in [1.82, 2.24) is 10.3 Å². The van der Waals surface area contributed by atoms with Gasteiger partial charge in [0.05, 0.1) is 25.5 Å². The van der Waals surface area contributed by atoms with Crippen LogP contribution in [0.3, 0.4) is 0 Å². The molecule has 1 N–H and O–H groups in total. The highest BCUT2D eigenvalue weighted by Crippen LogP contribution is 2.20. The Hall–Kier alpha value is -1.84. The number of nitrogens with zero attached hydrogens (tertiary/aromatic N) is 2. The zero-order valence-corrected chi connectivity index (χ0v) is 12.6. The molecule has 1 aliphatic heterocycles. The van der Waals surface area contributed by atoms with E-state index < -0.39 is 5.97 Å². The van der Waals surface area contributed by atoms with Crippen molar-refractivity contribution in [1.29, 1.82) is 5.26 Å². The number of methoxy groups -OCH3 is 1. The summed E-state index contributed by atoms with van der Waals surface area (Å²) < 4.78 is 10.2. The summed E-state index contributed by atoms with van der Waals surface area (Å²) in [5.41, 5.74) is 0.410. The molecule has 0 radical (unpaired) electrons. The first-order valence-corrected chi connectivity index (χ1v) is 6.56. The van der Waals surface area contributed by atoms with Crippen LogP contribution in [0.2, 0.25) is 0 Å². The van der Waals surface area contributed by atoms with Gasteiger partial charge in [0.1, 0.15) is 11.8 Å². The van der Waals surface area contributed by atoms with Crippen LogP contribution in [0, 0.1) is 17.2 Å². The third-order valence-electron chi connectivity index (χ3n) is 3.32. The summed E-state index contributed by atoms with van der Waals surface area (Å²) in [6.45, 7) is 2.56. The molecular weight excluding hydrogens is 294 g/mol. The minimum Gasteiger partial charge on any atom is -0.490 e. The first-order chi connectivity index (χ1) is 9.74. The highest BCUT2D eigenvalue weighted by Gasteiger charge is 2.16. The van der Waals surface area contributed by atoms with Gasteiger partial charge in [-0.2, -0.15) is 5.26 Å². The van der Waals surface area contributed by atoms with Crippen molar-refractivity contribution in [3.05, 3.63) is 23.5 Å². The summed E-state index contributed by atoms with van der Waals surface area (Å²) in [5, 5.41) is 12.4. The first kappa shape index (κ1) is 17.2. The van der Waals surface area contributed by atoms with Crippen LogP contribution in [0.15, 0.2) is 12.3 Å². The number of aromatic nitrogens is 1. The summed E-state index contributed by atoms with van der Waals surface area (Å²) in [5.74, 6) is 0.341. The van der Waals surface area contributed by atoms with E-state index in [9.17, 15) is 4.79 Å². The van der Waals surface area contributed by atoms with Crippen molar-refractivity contribution in [2.24, 2.45) is 5.92 Å². The molecule has 1 aromatic heterocycles. The van der Waals surface area contributed by atoms with Gasteiger partial charge in [-0.3, -0.25) is 0 Å². The van der Waals surface area contributed by atoms with Gasteiger partial charge in [0.25, 0.3) is 0 Å². The Morgan fingerprint density at radius 2 is 2.24 bits per heavy atom. The number of nitriles is 1. The standard InChI is InChI=1S/C14H17N3O3.ClH/c1-19-14(18)12-6-11(7-15)13(8-17-12)20-9-10-2-4-16-5-3-10;/h6,8,10,16H,2-5,9H2,1H3;1H. The van der Waals surface area contributed by atoms with Crippen molar-refractivity contribution in [3.63, 3.8) is 0 Å². The summed E-state index contributed by atoms with van der Waals surface area (Å²) >= 11 is 0. The molecule has 1 aliphatic rings. The zero-order chi connectivity index (χ0) is 14.4. The Bertz CT molecular complexity index is 525. The number of ether oxygens (including phenoxy) is 2. The quantitative estimate of drug-likeness (QED) is 0.849. The molecule has 7 heteroatoms. The molecule has 0 atom stereocenters. The summed E-state index contributed by atoms with van der Waals surface area (Å²) in [6, 6.07) is 3.41. The van der Waals surface area contributed by atoms with Crippen LogP contribution in [-0.4, -0.2) is 37.8 Å². The number of halogens is 1. The van der Waals surface area contributed by atoms with Crippen LogP contribution >= 0.6 is 12.4 Å². The monoisotopic (exact) mass is 311 g/mol. The molecule has 114 valence electrons. The maximum Gasteiger partial charge on any atom is 0.356 e. The van der Waals surface area contributed by atoms with E-state index in [2.05, 4.69) is 15.0 Å². The number of rotatable bonds is 4. The van der Waals surface area contributed by atoms with Crippen LogP contribution in [0.1, 0.15) is 28.9 Å². The Labute approximate surface area is 129 Å². The normalized spacial score (nSPS) is 14.7. The van der Waals surface area contributed by atoms with Gasteiger partial charge < -0.3 is 14.8 Å². The van der Waals surface area contributed by atoms with Crippen molar-refractivity contribution in [2.75, 3.05) is 26.8 Å². The minimum absolute atomic E-state index is 0. The molecule has 0 amide bonds. The summed E-state index contributed by atoms with van der Waals surface area (Å²) in [4.78, 5) is 15.3. The van der Waals surface area contributed by atoms with Crippen LogP contribution in [0.5, 0.6) is 5.75 Å². The molecular formula is C14H18ClN3O3. The van der Waals surface area contributed by atoms with E-state index >= 15 is 0 Å². The van der Waals surface area contributed by atoms with Gasteiger partial charge in [-0.1, -0.05) is 0 Å². The van der Waals surface area contributed by atoms with Crippen molar-refractivity contribution >= 4 is 18.4 Å². The second-order valence-corrected chi connectivity index (χ2v) is 4.67. The van der Waals surface area contributed by atoms with E-state index in [0.29, 0.717) is 23.8 Å². The highest BCUT2D eigenvalue weighted by atomic mass is 35.5. The van der Waals surface area contributed by atoms with Crippen LogP contribution in [-0.2, 0) is 4.74 Å². The van der Waals surface area contributed by atoms with Gasteiger partial charge in [-0.05, 0) is 37.9 Å². The van der Waals surface area contributed by atoms with Crippen LogP contribution in [0.4, 0.5) is 0 Å². The number of carbonyl (C=O) groups is 1. The molecule has 2 heterocycles. The lowest BCUT2D eigenvalue weighted by atomic mass is 9.99. The molecule has 1 aromatic rings. The van der Waals surface area contributed by atoms with E-state index in [1.165, 1.54) is 19.4 Å². The fourth-order valence-electron chi connectivity index (χ4n) is 2.12. The van der Waals surface area contributed by atoms with Gasteiger partial charge in [0.2, 0.25) is 0 Å². The molecule has 6 nitrogen and oxygen atoms in total. The fourth-order valence-corrected chi connectivity index (χ4v) is 2.12. The second kappa shape index (κ2) is 8.45. The molecule has 0 aliphatic carbocycles. The molecule has 0 aromatic carbocycles. The molecule has 2 rings (SSSR count). The van der Waals surface area contributed by atoms with E-state index in [1.54, 1.807) is 0 Å². The Kier molecular flexibility index (Phi) is 6.92. The van der Waals surface area contributed by atoms with E-state index in [4.69, 9.17) is 10.00 Å². The maximum atomic E-state index is 11.4. The average molecular weight is 312 g/mol. The van der Waals surface area contributed by atoms with E-state index in [0.717, 1.165) is 25.9 Å². The second-order valence-electron chi connectivity index (χ2n) is 4.67. The number of hydrogen-bond donors (Lipinski definition) is 1. The smallest absolute Gasteiger partial charge is 0.356 e. The van der Waals surface area contributed by atoms with E-state index in [-0.39, 0.29) is 18.1 Å². The predicted octanol–water partition coefficient (Wildman–Crippen LogP) is 1.54. The molecule has 0 saturated carbocycles. The van der Waals surface area contributed by atoms with Crippen LogP contribution < -0.4 is 10.1 Å². The molecule has 21 heavy (non-hydrogen) atoms. The molecule has 0 unspecified atom stereocenters. The van der Waals surface area contributed by atoms with Crippen molar-refractivity contribution in [2.45, 2.75) is 12.8 Å². The summed E-state index contributed by atoms with van der Waals surface area (Å²) in [6.07, 6.45) is 3.54. The third kappa shape index (κ3) is 4.59. The average Bonchev–Trinajstić information content (AvgIpc) is 2.53. The molecule has 0 spiro atoms. The lowest BCUT2D eigenvalue weighted by molar-refractivity contribution is 0.0594. The first-order valence-electron chi connectivity index (χ1n) is 6.56. The lowest BCUT2D eigenvalue weighted by Crippen LogP contribution is -2.30. The topological polar surface area (TPSA) is 84.2 Å². The number of carbonyl (C=O) groups excluding carboxylic acids is 1. The maximum absolute atomic E-state index is 11.4. The Morgan fingerprint density at radius 1 is 1.52 bits per heavy atom. The van der Waals surface area contributed by atoms with Gasteiger partial charge >= 0.3 is 5.97 Å². The number of esters is 1. The zero-order valence-electron chi connectivity index (χ0n) is 11.8. The van der Waals surface area contributed by atoms with Crippen LogP contribution in [0.25, 0.3) is 0 Å². The van der Waals surface area contributed by atoms with Crippen molar-refractivity contribution < 1.29 is 14.3 Å². The molecule has 0 bridgehead atoms.